The van der Waals surface area contributed by atoms with Gasteiger partial charge in [-0.1, -0.05) is 12.1 Å². The van der Waals surface area contributed by atoms with Gasteiger partial charge in [0.2, 0.25) is 6.79 Å². The van der Waals surface area contributed by atoms with Crippen LogP contribution in [0.3, 0.4) is 0 Å². The van der Waals surface area contributed by atoms with Crippen LogP contribution in [0, 0.1) is 0 Å². The molecule has 4 heterocycles. The Morgan fingerprint density at radius 1 is 1.11 bits per heavy atom. The average molecular weight is 376 g/mol. The number of hydrogen-bond donors (Lipinski definition) is 0. The molecule has 0 unspecified atom stereocenters. The van der Waals surface area contributed by atoms with E-state index in [2.05, 4.69) is 38.1 Å². The van der Waals surface area contributed by atoms with Crippen molar-refractivity contribution in [1.29, 1.82) is 0 Å². The van der Waals surface area contributed by atoms with Crippen LogP contribution in [-0.4, -0.2) is 28.8 Å². The Balaban J connectivity index is 1.48. The van der Waals surface area contributed by atoms with Gasteiger partial charge in [0.05, 0.1) is 10.2 Å². The standard InChI is InChI=1S/C20H16N4O2S/c1-24(10-13-4-5-16-17(7-13)26-12-25-16)20-19-15(22-11-23-20)8-18(27-19)14-3-2-6-21-9-14/h2-9,11H,10,12H2,1H3. The van der Waals surface area contributed by atoms with E-state index in [9.17, 15) is 0 Å². The number of ether oxygens (including phenoxy) is 2. The summed E-state index contributed by atoms with van der Waals surface area (Å²) in [6.07, 6.45) is 5.27. The van der Waals surface area contributed by atoms with Crippen LogP contribution >= 0.6 is 11.3 Å². The van der Waals surface area contributed by atoms with Crippen LogP contribution in [0.2, 0.25) is 0 Å². The van der Waals surface area contributed by atoms with Crippen molar-refractivity contribution in [2.75, 3.05) is 18.7 Å². The van der Waals surface area contributed by atoms with Crippen LogP contribution in [-0.2, 0) is 6.54 Å². The molecule has 1 aromatic carbocycles. The van der Waals surface area contributed by atoms with Crippen molar-refractivity contribution < 1.29 is 9.47 Å². The zero-order valence-corrected chi connectivity index (χ0v) is 15.4. The fourth-order valence-electron chi connectivity index (χ4n) is 3.15. The first-order valence-electron chi connectivity index (χ1n) is 8.52. The van der Waals surface area contributed by atoms with Crippen molar-refractivity contribution in [3.8, 4) is 21.9 Å². The van der Waals surface area contributed by atoms with Crippen LogP contribution in [0.1, 0.15) is 5.56 Å². The van der Waals surface area contributed by atoms with Gasteiger partial charge in [-0.15, -0.1) is 11.3 Å². The van der Waals surface area contributed by atoms with Gasteiger partial charge < -0.3 is 14.4 Å². The molecule has 7 heteroatoms. The molecule has 27 heavy (non-hydrogen) atoms. The van der Waals surface area contributed by atoms with Gasteiger partial charge in [-0.3, -0.25) is 4.98 Å². The highest BCUT2D eigenvalue weighted by molar-refractivity contribution is 7.22. The van der Waals surface area contributed by atoms with Crippen molar-refractivity contribution in [2.24, 2.45) is 0 Å². The number of nitrogens with zero attached hydrogens (tertiary/aromatic N) is 4. The summed E-state index contributed by atoms with van der Waals surface area (Å²) in [7, 11) is 2.04. The number of hydrogen-bond acceptors (Lipinski definition) is 7. The summed E-state index contributed by atoms with van der Waals surface area (Å²) in [5.74, 6) is 2.51. The number of aromatic nitrogens is 3. The lowest BCUT2D eigenvalue weighted by Gasteiger charge is -2.18. The summed E-state index contributed by atoms with van der Waals surface area (Å²) in [6, 6.07) is 12.1. The van der Waals surface area contributed by atoms with E-state index in [0.717, 1.165) is 43.5 Å². The van der Waals surface area contributed by atoms with Gasteiger partial charge in [-0.25, -0.2) is 9.97 Å². The van der Waals surface area contributed by atoms with Gasteiger partial charge in [-0.2, -0.15) is 0 Å². The van der Waals surface area contributed by atoms with E-state index in [1.807, 2.05) is 31.4 Å². The van der Waals surface area contributed by atoms with Crippen molar-refractivity contribution >= 4 is 27.4 Å². The van der Waals surface area contributed by atoms with Gasteiger partial charge in [-0.05, 0) is 29.8 Å². The topological polar surface area (TPSA) is 60.4 Å². The molecule has 3 aromatic heterocycles. The molecule has 1 aliphatic heterocycles. The molecule has 0 fully saturated rings. The molecule has 0 bridgehead atoms. The van der Waals surface area contributed by atoms with Crippen molar-refractivity contribution in [1.82, 2.24) is 15.0 Å². The molecule has 0 aliphatic carbocycles. The predicted molar refractivity (Wildman–Crippen MR) is 105 cm³/mol. The third-order valence-corrected chi connectivity index (χ3v) is 5.63. The highest BCUT2D eigenvalue weighted by Gasteiger charge is 2.16. The molecule has 0 amide bonds. The summed E-state index contributed by atoms with van der Waals surface area (Å²) in [6.45, 7) is 0.996. The molecule has 0 radical (unpaired) electrons. The Hall–Kier alpha value is -3.19. The second-order valence-electron chi connectivity index (χ2n) is 6.31. The zero-order valence-electron chi connectivity index (χ0n) is 14.6. The summed E-state index contributed by atoms with van der Waals surface area (Å²) in [5.41, 5.74) is 3.17. The molecule has 0 N–H and O–H groups in total. The van der Waals surface area contributed by atoms with E-state index < -0.39 is 0 Å². The van der Waals surface area contributed by atoms with E-state index in [1.54, 1.807) is 23.9 Å². The van der Waals surface area contributed by atoms with E-state index in [-0.39, 0.29) is 6.79 Å². The van der Waals surface area contributed by atoms with E-state index in [0.29, 0.717) is 6.54 Å². The lowest BCUT2D eigenvalue weighted by molar-refractivity contribution is 0.174. The minimum atomic E-state index is 0.285. The van der Waals surface area contributed by atoms with Crippen molar-refractivity contribution in [2.45, 2.75) is 6.54 Å². The fraction of sp³-hybridized carbons (Fsp3) is 0.150. The van der Waals surface area contributed by atoms with Crippen LogP contribution in [0.15, 0.2) is 55.1 Å². The molecule has 134 valence electrons. The SMILES string of the molecule is CN(Cc1ccc2c(c1)OCO2)c1ncnc2cc(-c3cccnc3)sc12. The van der Waals surface area contributed by atoms with Crippen LogP contribution in [0.4, 0.5) is 5.82 Å². The first-order valence-corrected chi connectivity index (χ1v) is 9.34. The molecular weight excluding hydrogens is 360 g/mol. The number of anilines is 1. The number of rotatable bonds is 4. The third kappa shape index (κ3) is 2.96. The van der Waals surface area contributed by atoms with Gasteiger partial charge in [0, 0.05) is 36.4 Å². The summed E-state index contributed by atoms with van der Waals surface area (Å²) >= 11 is 1.68. The molecule has 1 aliphatic rings. The lowest BCUT2D eigenvalue weighted by Crippen LogP contribution is -2.17. The third-order valence-electron chi connectivity index (χ3n) is 4.46. The minimum Gasteiger partial charge on any atom is -0.454 e. The first-order chi connectivity index (χ1) is 13.3. The summed E-state index contributed by atoms with van der Waals surface area (Å²) < 4.78 is 11.9. The fourth-order valence-corrected chi connectivity index (χ4v) is 4.30. The Morgan fingerprint density at radius 2 is 2.04 bits per heavy atom. The van der Waals surface area contributed by atoms with Gasteiger partial charge in [0.15, 0.2) is 11.5 Å². The Labute approximate surface area is 160 Å². The van der Waals surface area contributed by atoms with E-state index in [4.69, 9.17) is 9.47 Å². The average Bonchev–Trinajstić information content (AvgIpc) is 3.34. The van der Waals surface area contributed by atoms with Crippen LogP contribution in [0.5, 0.6) is 11.5 Å². The normalized spacial score (nSPS) is 12.5. The monoisotopic (exact) mass is 376 g/mol. The Kier molecular flexibility index (Phi) is 3.86. The van der Waals surface area contributed by atoms with Crippen molar-refractivity contribution in [3.63, 3.8) is 0 Å². The molecular formula is C20H16N4O2S. The maximum atomic E-state index is 5.48. The largest absolute Gasteiger partial charge is 0.454 e. The van der Waals surface area contributed by atoms with E-state index in [1.165, 1.54) is 0 Å². The Bertz CT molecular complexity index is 1110. The number of thiophene rings is 1. The molecule has 0 saturated carbocycles. The summed E-state index contributed by atoms with van der Waals surface area (Å²) in [4.78, 5) is 16.5. The van der Waals surface area contributed by atoms with E-state index >= 15 is 0 Å². The maximum Gasteiger partial charge on any atom is 0.231 e. The maximum absolute atomic E-state index is 5.48. The smallest absolute Gasteiger partial charge is 0.231 e. The number of benzene rings is 1. The molecule has 5 rings (SSSR count). The van der Waals surface area contributed by atoms with Gasteiger partial charge in [0.25, 0.3) is 0 Å². The lowest BCUT2D eigenvalue weighted by atomic mass is 10.2. The van der Waals surface area contributed by atoms with Gasteiger partial charge in [0.1, 0.15) is 12.1 Å². The van der Waals surface area contributed by atoms with Gasteiger partial charge >= 0.3 is 0 Å². The zero-order chi connectivity index (χ0) is 18.2. The number of fused-ring (bicyclic) bond motifs is 2. The number of pyridine rings is 1. The molecule has 4 aromatic rings. The quantitative estimate of drug-likeness (QED) is 0.534. The van der Waals surface area contributed by atoms with Crippen LogP contribution in [0.25, 0.3) is 20.7 Å². The molecule has 0 saturated heterocycles. The second kappa shape index (κ2) is 6.51. The van der Waals surface area contributed by atoms with Crippen molar-refractivity contribution in [3.05, 3.63) is 60.7 Å². The minimum absolute atomic E-state index is 0.285. The Morgan fingerprint density at radius 3 is 2.93 bits per heavy atom. The first kappa shape index (κ1) is 16.0. The molecule has 0 atom stereocenters. The predicted octanol–water partition coefficient (Wildman–Crippen LogP) is 4.12. The molecule has 0 spiro atoms. The van der Waals surface area contributed by atoms with Crippen LogP contribution < -0.4 is 14.4 Å². The molecule has 6 nitrogen and oxygen atoms in total. The highest BCUT2D eigenvalue weighted by Crippen LogP contribution is 2.37. The second-order valence-corrected chi connectivity index (χ2v) is 7.36. The highest BCUT2D eigenvalue weighted by atomic mass is 32.1. The summed E-state index contributed by atoms with van der Waals surface area (Å²) in [5, 5.41) is 0.